The molecule has 2 aromatic rings. The van der Waals surface area contributed by atoms with Gasteiger partial charge in [0.1, 0.15) is 5.69 Å². The Morgan fingerprint density at radius 1 is 1.60 bits per heavy atom. The molecule has 1 fully saturated rings. The van der Waals surface area contributed by atoms with Crippen LogP contribution in [0.2, 0.25) is 0 Å². The van der Waals surface area contributed by atoms with Gasteiger partial charge in [0, 0.05) is 19.2 Å². The standard InChI is InChI=1S/C13H16N4O2S/c1-8-15-10-4-11(16-3-2-9(6-14)7-16)12(17(18)19)5-13(10)20-8/h4-5,9H,2-3,6-7,14H2,1H3. The number of nitrogens with zero attached hydrogens (tertiary/aromatic N) is 3. The van der Waals surface area contributed by atoms with Crippen LogP contribution in [0.25, 0.3) is 10.2 Å². The first-order valence-electron chi connectivity index (χ1n) is 6.59. The maximum Gasteiger partial charge on any atom is 0.294 e. The van der Waals surface area contributed by atoms with Crippen molar-refractivity contribution in [2.75, 3.05) is 24.5 Å². The van der Waals surface area contributed by atoms with E-state index in [1.807, 2.05) is 13.0 Å². The van der Waals surface area contributed by atoms with E-state index in [9.17, 15) is 10.1 Å². The zero-order chi connectivity index (χ0) is 14.3. The summed E-state index contributed by atoms with van der Waals surface area (Å²) in [7, 11) is 0. The van der Waals surface area contributed by atoms with Gasteiger partial charge in [-0.15, -0.1) is 11.3 Å². The molecule has 3 rings (SSSR count). The lowest BCUT2D eigenvalue weighted by atomic mass is 10.1. The predicted octanol–water partition coefficient (Wildman–Crippen LogP) is 2.30. The number of rotatable bonds is 3. The highest BCUT2D eigenvalue weighted by molar-refractivity contribution is 7.18. The van der Waals surface area contributed by atoms with Crippen LogP contribution < -0.4 is 10.6 Å². The maximum absolute atomic E-state index is 11.3. The molecular weight excluding hydrogens is 276 g/mol. The number of aromatic nitrogens is 1. The lowest BCUT2D eigenvalue weighted by Crippen LogP contribution is -2.23. The Bertz CT molecular complexity index is 670. The number of nitrogens with two attached hydrogens (primary N) is 1. The molecule has 0 amide bonds. The van der Waals surface area contributed by atoms with Gasteiger partial charge in [0.05, 0.1) is 20.1 Å². The fourth-order valence-electron chi connectivity index (χ4n) is 2.71. The second kappa shape index (κ2) is 4.99. The number of fused-ring (bicyclic) bond motifs is 1. The molecule has 2 N–H and O–H groups in total. The number of anilines is 1. The minimum Gasteiger partial charge on any atom is -0.366 e. The third kappa shape index (κ3) is 2.23. The second-order valence-corrected chi connectivity index (χ2v) is 6.37. The van der Waals surface area contributed by atoms with Crippen molar-refractivity contribution in [3.05, 3.63) is 27.3 Å². The second-order valence-electron chi connectivity index (χ2n) is 5.14. The van der Waals surface area contributed by atoms with Gasteiger partial charge in [-0.3, -0.25) is 10.1 Å². The average Bonchev–Trinajstić information content (AvgIpc) is 3.01. The molecule has 106 valence electrons. The number of hydrogen-bond acceptors (Lipinski definition) is 6. The molecule has 1 unspecified atom stereocenters. The van der Waals surface area contributed by atoms with Crippen LogP contribution in [-0.4, -0.2) is 29.5 Å². The first-order chi connectivity index (χ1) is 9.58. The Labute approximate surface area is 120 Å². The van der Waals surface area contributed by atoms with Crippen LogP contribution in [0, 0.1) is 23.0 Å². The van der Waals surface area contributed by atoms with Gasteiger partial charge in [0.2, 0.25) is 0 Å². The summed E-state index contributed by atoms with van der Waals surface area (Å²) in [6, 6.07) is 3.49. The van der Waals surface area contributed by atoms with Crippen molar-refractivity contribution < 1.29 is 4.92 Å². The number of nitro groups is 1. The van der Waals surface area contributed by atoms with Crippen molar-refractivity contribution in [3.63, 3.8) is 0 Å². The number of hydrogen-bond donors (Lipinski definition) is 1. The van der Waals surface area contributed by atoms with E-state index in [2.05, 4.69) is 9.88 Å². The highest BCUT2D eigenvalue weighted by Gasteiger charge is 2.28. The van der Waals surface area contributed by atoms with Gasteiger partial charge >= 0.3 is 0 Å². The van der Waals surface area contributed by atoms with Crippen molar-refractivity contribution in [1.29, 1.82) is 0 Å². The van der Waals surface area contributed by atoms with Gasteiger partial charge in [-0.05, 0) is 31.9 Å². The van der Waals surface area contributed by atoms with Gasteiger partial charge in [0.15, 0.2) is 0 Å². The Balaban J connectivity index is 2.07. The summed E-state index contributed by atoms with van der Waals surface area (Å²) in [6.07, 6.45) is 0.988. The molecule has 0 spiro atoms. The number of aryl methyl sites for hydroxylation is 1. The number of thiazole rings is 1. The van der Waals surface area contributed by atoms with E-state index in [-0.39, 0.29) is 10.6 Å². The molecular formula is C13H16N4O2S. The maximum atomic E-state index is 11.3. The lowest BCUT2D eigenvalue weighted by molar-refractivity contribution is -0.384. The van der Waals surface area contributed by atoms with Crippen LogP contribution >= 0.6 is 11.3 Å². The van der Waals surface area contributed by atoms with Crippen molar-refractivity contribution in [3.8, 4) is 0 Å². The fourth-order valence-corrected chi connectivity index (χ4v) is 3.55. The van der Waals surface area contributed by atoms with E-state index in [0.29, 0.717) is 18.2 Å². The Morgan fingerprint density at radius 3 is 3.05 bits per heavy atom. The van der Waals surface area contributed by atoms with E-state index in [1.165, 1.54) is 11.3 Å². The van der Waals surface area contributed by atoms with Crippen LogP contribution in [0.4, 0.5) is 11.4 Å². The van der Waals surface area contributed by atoms with Gasteiger partial charge in [-0.1, -0.05) is 0 Å². The minimum absolute atomic E-state index is 0.166. The van der Waals surface area contributed by atoms with E-state index < -0.39 is 0 Å². The van der Waals surface area contributed by atoms with Gasteiger partial charge in [-0.2, -0.15) is 0 Å². The van der Waals surface area contributed by atoms with E-state index in [1.54, 1.807) is 6.07 Å². The van der Waals surface area contributed by atoms with E-state index in [4.69, 9.17) is 5.73 Å². The molecule has 0 radical (unpaired) electrons. The molecule has 6 nitrogen and oxygen atoms in total. The third-order valence-electron chi connectivity index (χ3n) is 3.75. The molecule has 0 bridgehead atoms. The van der Waals surface area contributed by atoms with E-state index in [0.717, 1.165) is 34.7 Å². The molecule has 2 heterocycles. The summed E-state index contributed by atoms with van der Waals surface area (Å²) < 4.78 is 0.868. The first-order valence-corrected chi connectivity index (χ1v) is 7.40. The molecule has 7 heteroatoms. The molecule has 1 atom stereocenters. The number of nitro benzene ring substituents is 1. The Kier molecular flexibility index (Phi) is 3.31. The van der Waals surface area contributed by atoms with Crippen LogP contribution in [0.3, 0.4) is 0 Å². The summed E-state index contributed by atoms with van der Waals surface area (Å²) in [4.78, 5) is 17.5. The molecule has 20 heavy (non-hydrogen) atoms. The van der Waals surface area contributed by atoms with Crippen LogP contribution in [0.15, 0.2) is 12.1 Å². The van der Waals surface area contributed by atoms with Crippen LogP contribution in [0.1, 0.15) is 11.4 Å². The molecule has 1 aliphatic rings. The van der Waals surface area contributed by atoms with Crippen molar-refractivity contribution in [1.82, 2.24) is 4.98 Å². The average molecular weight is 292 g/mol. The number of benzene rings is 1. The van der Waals surface area contributed by atoms with Gasteiger partial charge in [0.25, 0.3) is 5.69 Å². The Hall–Kier alpha value is -1.73. The molecule has 1 aromatic carbocycles. The monoisotopic (exact) mass is 292 g/mol. The molecule has 0 aliphatic carbocycles. The quantitative estimate of drug-likeness (QED) is 0.693. The zero-order valence-corrected chi connectivity index (χ0v) is 12.0. The predicted molar refractivity (Wildman–Crippen MR) is 80.4 cm³/mol. The zero-order valence-electron chi connectivity index (χ0n) is 11.2. The van der Waals surface area contributed by atoms with Crippen molar-refractivity contribution >= 4 is 32.9 Å². The van der Waals surface area contributed by atoms with E-state index >= 15 is 0 Å². The van der Waals surface area contributed by atoms with Crippen LogP contribution in [-0.2, 0) is 0 Å². The molecule has 1 aliphatic heterocycles. The van der Waals surface area contributed by atoms with Crippen LogP contribution in [0.5, 0.6) is 0 Å². The summed E-state index contributed by atoms with van der Waals surface area (Å²) >= 11 is 1.49. The molecule has 1 aromatic heterocycles. The minimum atomic E-state index is -0.306. The topological polar surface area (TPSA) is 85.3 Å². The molecule has 1 saturated heterocycles. The summed E-state index contributed by atoms with van der Waals surface area (Å²) in [6.45, 7) is 4.14. The highest BCUT2D eigenvalue weighted by Crippen LogP contribution is 2.37. The molecule has 0 saturated carbocycles. The van der Waals surface area contributed by atoms with Gasteiger partial charge in [-0.25, -0.2) is 4.98 Å². The summed E-state index contributed by atoms with van der Waals surface area (Å²) in [5.74, 6) is 0.419. The van der Waals surface area contributed by atoms with Gasteiger partial charge < -0.3 is 10.6 Å². The third-order valence-corrected chi connectivity index (χ3v) is 4.68. The SMILES string of the molecule is Cc1nc2cc(N3CCC(CN)C3)c([N+](=O)[O-])cc2s1. The Morgan fingerprint density at radius 2 is 2.40 bits per heavy atom. The smallest absolute Gasteiger partial charge is 0.294 e. The van der Waals surface area contributed by atoms with Crippen molar-refractivity contribution in [2.45, 2.75) is 13.3 Å². The first kappa shape index (κ1) is 13.3. The normalized spacial score (nSPS) is 18.9. The summed E-state index contributed by atoms with van der Waals surface area (Å²) in [5, 5.41) is 12.2. The van der Waals surface area contributed by atoms with Crippen molar-refractivity contribution in [2.24, 2.45) is 11.7 Å². The largest absolute Gasteiger partial charge is 0.366 e. The highest BCUT2D eigenvalue weighted by atomic mass is 32.1. The lowest BCUT2D eigenvalue weighted by Gasteiger charge is -2.18. The fraction of sp³-hybridized carbons (Fsp3) is 0.462. The summed E-state index contributed by atoms with van der Waals surface area (Å²) in [5.41, 5.74) is 7.37.